The quantitative estimate of drug-likeness (QED) is 0.493. The van der Waals surface area contributed by atoms with Crippen molar-refractivity contribution < 1.29 is 9.32 Å². The highest BCUT2D eigenvalue weighted by molar-refractivity contribution is 6.30. The molecule has 0 aliphatic heterocycles. The second kappa shape index (κ2) is 7.82. The summed E-state index contributed by atoms with van der Waals surface area (Å²) in [6.07, 6.45) is 0.621. The van der Waals surface area contributed by atoms with Crippen molar-refractivity contribution in [3.05, 3.63) is 77.1 Å². The number of aromatic nitrogens is 2. The number of aryl methyl sites for hydroxylation is 2. The third kappa shape index (κ3) is 3.89. The number of fused-ring (bicyclic) bond motifs is 1. The molecule has 28 heavy (non-hydrogen) atoms. The molecule has 0 spiro atoms. The van der Waals surface area contributed by atoms with Crippen molar-refractivity contribution in [3.63, 3.8) is 0 Å². The first kappa shape index (κ1) is 18.2. The third-order valence-electron chi connectivity index (χ3n) is 4.53. The fraction of sp³-hybridized carbons (Fsp3) is 0.136. The summed E-state index contributed by atoms with van der Waals surface area (Å²) in [6.45, 7) is 1.90. The zero-order chi connectivity index (χ0) is 19.5. The van der Waals surface area contributed by atoms with Crippen LogP contribution in [-0.4, -0.2) is 16.0 Å². The smallest absolute Gasteiger partial charge is 0.227 e. The van der Waals surface area contributed by atoms with Gasteiger partial charge < -0.3 is 9.84 Å². The highest BCUT2D eigenvalue weighted by Crippen LogP contribution is 2.26. The number of halogens is 1. The first-order chi connectivity index (χ1) is 13.6. The van der Waals surface area contributed by atoms with Crippen LogP contribution in [-0.2, 0) is 11.2 Å². The van der Waals surface area contributed by atoms with Crippen molar-refractivity contribution in [2.75, 3.05) is 5.32 Å². The van der Waals surface area contributed by atoms with Crippen LogP contribution in [0.4, 0.5) is 5.69 Å². The molecule has 3 aromatic carbocycles. The molecule has 4 rings (SSSR count). The number of benzene rings is 3. The van der Waals surface area contributed by atoms with E-state index in [1.807, 2.05) is 55.5 Å². The summed E-state index contributed by atoms with van der Waals surface area (Å²) in [4.78, 5) is 16.7. The lowest BCUT2D eigenvalue weighted by molar-refractivity contribution is -0.116. The molecule has 0 atom stereocenters. The molecule has 0 fully saturated rings. The van der Waals surface area contributed by atoms with Gasteiger partial charge in [0.2, 0.25) is 17.6 Å². The molecule has 0 aliphatic rings. The molecule has 0 saturated carbocycles. The summed E-state index contributed by atoms with van der Waals surface area (Å²) < 4.78 is 5.35. The van der Waals surface area contributed by atoms with E-state index in [0.717, 1.165) is 27.6 Å². The van der Waals surface area contributed by atoms with Crippen LogP contribution in [0.15, 0.2) is 65.2 Å². The average Bonchev–Trinajstić information content (AvgIpc) is 3.17. The molecule has 5 nitrogen and oxygen atoms in total. The molecule has 1 heterocycles. The number of hydrogen-bond acceptors (Lipinski definition) is 4. The Labute approximate surface area is 167 Å². The SMILES string of the molecule is Cc1cc(Cl)ccc1NC(=O)CCc1nc(-c2cccc3ccccc23)no1. The van der Waals surface area contributed by atoms with Crippen LogP contribution >= 0.6 is 11.6 Å². The minimum atomic E-state index is -0.115. The molecule has 0 unspecified atom stereocenters. The number of carbonyl (C=O) groups is 1. The predicted octanol–water partition coefficient (Wildman–Crippen LogP) is 5.42. The van der Waals surface area contributed by atoms with E-state index in [4.69, 9.17) is 16.1 Å². The number of amides is 1. The van der Waals surface area contributed by atoms with E-state index in [9.17, 15) is 4.79 Å². The summed E-state index contributed by atoms with van der Waals surface area (Å²) in [6, 6.07) is 19.4. The Hall–Kier alpha value is -3.18. The van der Waals surface area contributed by atoms with Gasteiger partial charge in [-0.25, -0.2) is 0 Å². The maximum atomic E-state index is 12.2. The van der Waals surface area contributed by atoms with E-state index >= 15 is 0 Å². The van der Waals surface area contributed by atoms with Gasteiger partial charge in [-0.2, -0.15) is 4.98 Å². The van der Waals surface area contributed by atoms with E-state index in [1.54, 1.807) is 12.1 Å². The van der Waals surface area contributed by atoms with E-state index in [2.05, 4.69) is 15.5 Å². The van der Waals surface area contributed by atoms with Crippen LogP contribution in [0.2, 0.25) is 5.02 Å². The fourth-order valence-electron chi connectivity index (χ4n) is 3.09. The number of anilines is 1. The standard InChI is InChI=1S/C22H18ClN3O2/c1-14-13-16(23)9-10-19(14)24-20(27)11-12-21-25-22(26-28-21)18-8-4-6-15-5-2-3-7-17(15)18/h2-10,13H,11-12H2,1H3,(H,24,27). The zero-order valence-corrected chi connectivity index (χ0v) is 16.0. The van der Waals surface area contributed by atoms with E-state index in [1.165, 1.54) is 0 Å². The minimum Gasteiger partial charge on any atom is -0.339 e. The van der Waals surface area contributed by atoms with Crippen LogP contribution in [0, 0.1) is 6.92 Å². The largest absolute Gasteiger partial charge is 0.339 e. The maximum absolute atomic E-state index is 12.2. The Balaban J connectivity index is 1.44. The summed E-state index contributed by atoms with van der Waals surface area (Å²) in [5.74, 6) is 0.849. The van der Waals surface area contributed by atoms with Gasteiger partial charge in [-0.1, -0.05) is 59.2 Å². The Morgan fingerprint density at radius 1 is 1.11 bits per heavy atom. The molecule has 0 aliphatic carbocycles. The van der Waals surface area contributed by atoms with Gasteiger partial charge in [0.1, 0.15) is 0 Å². The number of nitrogens with zero attached hydrogens (tertiary/aromatic N) is 2. The molecule has 0 radical (unpaired) electrons. The van der Waals surface area contributed by atoms with Gasteiger partial charge in [0.05, 0.1) is 0 Å². The Morgan fingerprint density at radius 3 is 2.79 bits per heavy atom. The first-order valence-electron chi connectivity index (χ1n) is 8.97. The van der Waals surface area contributed by atoms with Crippen molar-refractivity contribution >= 4 is 34.0 Å². The third-order valence-corrected chi connectivity index (χ3v) is 4.76. The summed E-state index contributed by atoms with van der Waals surface area (Å²) in [7, 11) is 0. The fourth-order valence-corrected chi connectivity index (χ4v) is 3.31. The highest BCUT2D eigenvalue weighted by atomic mass is 35.5. The number of rotatable bonds is 5. The Kier molecular flexibility index (Phi) is 5.08. The van der Waals surface area contributed by atoms with Crippen molar-refractivity contribution in [2.24, 2.45) is 0 Å². The van der Waals surface area contributed by atoms with Crippen LogP contribution < -0.4 is 5.32 Å². The van der Waals surface area contributed by atoms with E-state index in [0.29, 0.717) is 23.2 Å². The molecule has 1 N–H and O–H groups in total. The topological polar surface area (TPSA) is 68.0 Å². The lowest BCUT2D eigenvalue weighted by Gasteiger charge is -2.07. The molecule has 0 bridgehead atoms. The summed E-state index contributed by atoms with van der Waals surface area (Å²) >= 11 is 5.94. The van der Waals surface area contributed by atoms with Crippen molar-refractivity contribution in [1.29, 1.82) is 0 Å². The number of carbonyl (C=O) groups excluding carboxylic acids is 1. The molecule has 6 heteroatoms. The van der Waals surface area contributed by atoms with Gasteiger partial charge in [0.15, 0.2) is 0 Å². The average molecular weight is 392 g/mol. The molecular formula is C22H18ClN3O2. The highest BCUT2D eigenvalue weighted by Gasteiger charge is 2.13. The maximum Gasteiger partial charge on any atom is 0.227 e. The summed E-state index contributed by atoms with van der Waals surface area (Å²) in [5, 5.41) is 9.79. The van der Waals surface area contributed by atoms with Gasteiger partial charge in [-0.3, -0.25) is 4.79 Å². The van der Waals surface area contributed by atoms with E-state index < -0.39 is 0 Å². The molecule has 0 saturated heterocycles. The van der Waals surface area contributed by atoms with Crippen LogP contribution in [0.25, 0.3) is 22.2 Å². The van der Waals surface area contributed by atoms with E-state index in [-0.39, 0.29) is 12.3 Å². The Morgan fingerprint density at radius 2 is 1.93 bits per heavy atom. The van der Waals surface area contributed by atoms with Crippen LogP contribution in [0.3, 0.4) is 0 Å². The number of nitrogens with one attached hydrogen (secondary N) is 1. The number of hydrogen-bond donors (Lipinski definition) is 1. The molecule has 140 valence electrons. The predicted molar refractivity (Wildman–Crippen MR) is 110 cm³/mol. The zero-order valence-electron chi connectivity index (χ0n) is 15.3. The van der Waals surface area contributed by atoms with Crippen molar-refractivity contribution in [2.45, 2.75) is 19.8 Å². The molecular weight excluding hydrogens is 374 g/mol. The normalized spacial score (nSPS) is 10.9. The second-order valence-corrected chi connectivity index (χ2v) is 6.98. The Bertz CT molecular complexity index is 1150. The van der Waals surface area contributed by atoms with Gasteiger partial charge in [0.25, 0.3) is 0 Å². The molecule has 1 aromatic heterocycles. The lowest BCUT2D eigenvalue weighted by atomic mass is 10.0. The van der Waals surface area contributed by atoms with Crippen molar-refractivity contribution in [3.8, 4) is 11.4 Å². The van der Waals surface area contributed by atoms with Crippen LogP contribution in [0.5, 0.6) is 0 Å². The monoisotopic (exact) mass is 391 g/mol. The minimum absolute atomic E-state index is 0.115. The van der Waals surface area contributed by atoms with Gasteiger partial charge in [-0.15, -0.1) is 0 Å². The van der Waals surface area contributed by atoms with Gasteiger partial charge in [-0.05, 0) is 41.5 Å². The van der Waals surface area contributed by atoms with Gasteiger partial charge >= 0.3 is 0 Å². The first-order valence-corrected chi connectivity index (χ1v) is 9.35. The summed E-state index contributed by atoms with van der Waals surface area (Å²) in [5.41, 5.74) is 2.57. The molecule has 4 aromatic rings. The van der Waals surface area contributed by atoms with Gasteiger partial charge in [0, 0.05) is 29.1 Å². The van der Waals surface area contributed by atoms with Crippen molar-refractivity contribution in [1.82, 2.24) is 10.1 Å². The lowest BCUT2D eigenvalue weighted by Crippen LogP contribution is -2.13. The van der Waals surface area contributed by atoms with Crippen LogP contribution in [0.1, 0.15) is 17.9 Å². The second-order valence-electron chi connectivity index (χ2n) is 6.55. The molecule has 1 amide bonds.